The van der Waals surface area contributed by atoms with Crippen LogP contribution in [0.4, 0.5) is 13.2 Å². The van der Waals surface area contributed by atoms with Crippen LogP contribution in [0.5, 0.6) is 5.75 Å². The van der Waals surface area contributed by atoms with Gasteiger partial charge in [0.1, 0.15) is 5.75 Å². The van der Waals surface area contributed by atoms with Crippen LogP contribution in [0.1, 0.15) is 5.56 Å². The number of nitrogens with two attached hydrogens (primary N) is 1. The molecule has 0 aromatic heterocycles. The van der Waals surface area contributed by atoms with Crippen molar-refractivity contribution < 1.29 is 22.6 Å². The summed E-state index contributed by atoms with van der Waals surface area (Å²) in [5.74, 6) is 0.156. The van der Waals surface area contributed by atoms with E-state index in [0.29, 0.717) is 13.0 Å². The molecule has 6 heteroatoms. The van der Waals surface area contributed by atoms with Crippen molar-refractivity contribution in [1.29, 1.82) is 0 Å². The van der Waals surface area contributed by atoms with Gasteiger partial charge < -0.3 is 15.2 Å². The Morgan fingerprint density at radius 3 is 2.28 bits per heavy atom. The first kappa shape index (κ1) is 14.8. The molecule has 18 heavy (non-hydrogen) atoms. The number of halogens is 3. The zero-order valence-electron chi connectivity index (χ0n) is 10.0. The number of ether oxygens (including phenoxy) is 2. The molecule has 2 N–H and O–H groups in total. The van der Waals surface area contributed by atoms with Gasteiger partial charge in [0, 0.05) is 13.7 Å². The van der Waals surface area contributed by atoms with Crippen molar-refractivity contribution >= 4 is 0 Å². The van der Waals surface area contributed by atoms with Gasteiger partial charge in [-0.05, 0) is 24.1 Å². The van der Waals surface area contributed by atoms with E-state index >= 15 is 0 Å². The van der Waals surface area contributed by atoms with Crippen LogP contribution in [-0.2, 0) is 11.2 Å². The summed E-state index contributed by atoms with van der Waals surface area (Å²) < 4.78 is 47.0. The summed E-state index contributed by atoms with van der Waals surface area (Å²) in [6, 6.07) is 6.41. The van der Waals surface area contributed by atoms with Gasteiger partial charge in [-0.1, -0.05) is 12.1 Å². The molecule has 3 nitrogen and oxygen atoms in total. The Morgan fingerprint density at radius 2 is 1.83 bits per heavy atom. The number of rotatable bonds is 6. The molecule has 0 aliphatic heterocycles. The van der Waals surface area contributed by atoms with Crippen molar-refractivity contribution in [2.24, 2.45) is 5.73 Å². The van der Waals surface area contributed by atoms with Crippen LogP contribution >= 0.6 is 0 Å². The summed E-state index contributed by atoms with van der Waals surface area (Å²) >= 11 is 0. The number of alkyl halides is 3. The molecule has 0 spiro atoms. The minimum atomic E-state index is -4.45. The SMILES string of the molecule is COCCc1ccc(OC(CN)C(F)(F)F)cc1. The first-order valence-corrected chi connectivity index (χ1v) is 5.48. The molecule has 0 heterocycles. The molecule has 0 fully saturated rings. The third-order valence-corrected chi connectivity index (χ3v) is 2.38. The Hall–Kier alpha value is -1.27. The van der Waals surface area contributed by atoms with E-state index in [2.05, 4.69) is 0 Å². The molecular formula is C12H16F3NO2. The smallest absolute Gasteiger partial charge is 0.426 e. The molecule has 1 aromatic rings. The molecule has 0 amide bonds. The maximum atomic E-state index is 12.4. The molecule has 0 saturated carbocycles. The first-order valence-electron chi connectivity index (χ1n) is 5.48. The van der Waals surface area contributed by atoms with Gasteiger partial charge in [0.2, 0.25) is 6.10 Å². The Morgan fingerprint density at radius 1 is 1.22 bits per heavy atom. The maximum Gasteiger partial charge on any atom is 0.426 e. The summed E-state index contributed by atoms with van der Waals surface area (Å²) in [6.07, 6.45) is -5.72. The van der Waals surface area contributed by atoms with E-state index < -0.39 is 18.8 Å². The lowest BCUT2D eigenvalue weighted by molar-refractivity contribution is -0.191. The van der Waals surface area contributed by atoms with E-state index in [1.165, 1.54) is 12.1 Å². The van der Waals surface area contributed by atoms with Crippen molar-refractivity contribution in [3.05, 3.63) is 29.8 Å². The lowest BCUT2D eigenvalue weighted by Crippen LogP contribution is -2.40. The van der Waals surface area contributed by atoms with Gasteiger partial charge in [-0.25, -0.2) is 0 Å². The monoisotopic (exact) mass is 263 g/mol. The average Bonchev–Trinajstić information content (AvgIpc) is 2.33. The van der Waals surface area contributed by atoms with Gasteiger partial charge in [0.25, 0.3) is 0 Å². The standard InChI is InChI=1S/C12H16F3NO2/c1-17-7-6-9-2-4-10(5-3-9)18-11(8-16)12(13,14)15/h2-5,11H,6-8,16H2,1H3. The van der Waals surface area contributed by atoms with Crippen LogP contribution in [0.15, 0.2) is 24.3 Å². The Labute approximate surface area is 104 Å². The highest BCUT2D eigenvalue weighted by atomic mass is 19.4. The fourth-order valence-electron chi connectivity index (χ4n) is 1.37. The van der Waals surface area contributed by atoms with Gasteiger partial charge in [0.05, 0.1) is 6.61 Å². The largest absolute Gasteiger partial charge is 0.480 e. The van der Waals surface area contributed by atoms with Gasteiger partial charge in [-0.2, -0.15) is 13.2 Å². The minimum absolute atomic E-state index is 0.156. The summed E-state index contributed by atoms with van der Waals surface area (Å²) in [5, 5.41) is 0. The lowest BCUT2D eigenvalue weighted by Gasteiger charge is -2.20. The molecule has 1 aromatic carbocycles. The van der Waals surface area contributed by atoms with E-state index in [9.17, 15) is 13.2 Å². The van der Waals surface area contributed by atoms with Crippen LogP contribution < -0.4 is 10.5 Å². The van der Waals surface area contributed by atoms with Crippen LogP contribution in [0, 0.1) is 0 Å². The lowest BCUT2D eigenvalue weighted by atomic mass is 10.1. The molecule has 102 valence electrons. The summed E-state index contributed by atoms with van der Waals surface area (Å²) in [4.78, 5) is 0. The highest BCUT2D eigenvalue weighted by Gasteiger charge is 2.40. The van der Waals surface area contributed by atoms with Crippen molar-refractivity contribution in [3.63, 3.8) is 0 Å². The van der Waals surface area contributed by atoms with Crippen LogP contribution in [-0.4, -0.2) is 32.5 Å². The Balaban J connectivity index is 2.62. The Kier molecular flexibility index (Phi) is 5.43. The first-order chi connectivity index (χ1) is 8.47. The van der Waals surface area contributed by atoms with Crippen molar-refractivity contribution in [3.8, 4) is 5.75 Å². The predicted octanol–water partition coefficient (Wildman–Crippen LogP) is 2.14. The van der Waals surface area contributed by atoms with Crippen LogP contribution in [0.2, 0.25) is 0 Å². The molecule has 0 aliphatic carbocycles. The quantitative estimate of drug-likeness (QED) is 0.855. The topological polar surface area (TPSA) is 44.5 Å². The molecule has 0 radical (unpaired) electrons. The van der Waals surface area contributed by atoms with E-state index in [1.807, 2.05) is 0 Å². The minimum Gasteiger partial charge on any atom is -0.480 e. The fraction of sp³-hybridized carbons (Fsp3) is 0.500. The second-order valence-corrected chi connectivity index (χ2v) is 3.77. The van der Waals surface area contributed by atoms with Crippen molar-refractivity contribution in [2.75, 3.05) is 20.3 Å². The van der Waals surface area contributed by atoms with Crippen molar-refractivity contribution in [1.82, 2.24) is 0 Å². The van der Waals surface area contributed by atoms with E-state index in [-0.39, 0.29) is 5.75 Å². The van der Waals surface area contributed by atoms with Gasteiger partial charge in [-0.3, -0.25) is 0 Å². The Bertz CT molecular complexity index is 351. The van der Waals surface area contributed by atoms with Gasteiger partial charge >= 0.3 is 6.18 Å². The maximum absolute atomic E-state index is 12.4. The molecule has 0 bridgehead atoms. The van der Waals surface area contributed by atoms with E-state index in [1.54, 1.807) is 19.2 Å². The predicted molar refractivity (Wildman–Crippen MR) is 61.5 cm³/mol. The van der Waals surface area contributed by atoms with Gasteiger partial charge in [0.15, 0.2) is 0 Å². The van der Waals surface area contributed by atoms with E-state index in [4.69, 9.17) is 15.2 Å². The summed E-state index contributed by atoms with van der Waals surface area (Å²) in [5.41, 5.74) is 6.01. The number of hydrogen-bond acceptors (Lipinski definition) is 3. The third kappa shape index (κ3) is 4.54. The zero-order chi connectivity index (χ0) is 13.6. The zero-order valence-corrected chi connectivity index (χ0v) is 10.0. The molecule has 1 unspecified atom stereocenters. The normalized spacial score (nSPS) is 13.4. The second kappa shape index (κ2) is 6.61. The molecular weight excluding hydrogens is 247 g/mol. The number of hydrogen-bond donors (Lipinski definition) is 1. The van der Waals surface area contributed by atoms with Gasteiger partial charge in [-0.15, -0.1) is 0 Å². The average molecular weight is 263 g/mol. The van der Waals surface area contributed by atoms with Crippen LogP contribution in [0.25, 0.3) is 0 Å². The number of methoxy groups -OCH3 is 1. The molecule has 1 atom stereocenters. The molecule has 0 aliphatic rings. The van der Waals surface area contributed by atoms with Crippen molar-refractivity contribution in [2.45, 2.75) is 18.7 Å². The summed E-state index contributed by atoms with van der Waals surface area (Å²) in [7, 11) is 1.59. The van der Waals surface area contributed by atoms with E-state index in [0.717, 1.165) is 5.56 Å². The number of benzene rings is 1. The summed E-state index contributed by atoms with van der Waals surface area (Å²) in [6.45, 7) is -0.0386. The fourth-order valence-corrected chi connectivity index (χ4v) is 1.37. The third-order valence-electron chi connectivity index (χ3n) is 2.38. The molecule has 1 rings (SSSR count). The second-order valence-electron chi connectivity index (χ2n) is 3.77. The van der Waals surface area contributed by atoms with Crippen LogP contribution in [0.3, 0.4) is 0 Å². The molecule has 0 saturated heterocycles. The highest BCUT2D eigenvalue weighted by molar-refractivity contribution is 5.27. The highest BCUT2D eigenvalue weighted by Crippen LogP contribution is 2.24.